The Morgan fingerprint density at radius 1 is 1.40 bits per heavy atom. The van der Waals surface area contributed by atoms with Crippen LogP contribution in [0.4, 0.5) is 11.4 Å². The van der Waals surface area contributed by atoms with Gasteiger partial charge in [0, 0.05) is 23.3 Å². The number of aromatic nitrogens is 1. The van der Waals surface area contributed by atoms with E-state index in [1.165, 1.54) is 26.1 Å². The summed E-state index contributed by atoms with van der Waals surface area (Å²) < 4.78 is 0. The summed E-state index contributed by atoms with van der Waals surface area (Å²) in [5.74, 6) is -1.02. The second-order valence-corrected chi connectivity index (χ2v) is 4.84. The van der Waals surface area contributed by atoms with Gasteiger partial charge in [-0.2, -0.15) is 0 Å². The number of anilines is 1. The molecule has 2 aromatic rings. The van der Waals surface area contributed by atoms with Crippen LogP contribution < -0.4 is 5.32 Å². The molecule has 1 aromatic carbocycles. The molecule has 0 fully saturated rings. The van der Waals surface area contributed by atoms with E-state index in [0.29, 0.717) is 11.1 Å². The largest absolute Gasteiger partial charge is 0.480 e. The molecule has 0 bridgehead atoms. The smallest absolute Gasteiger partial charge is 0.328 e. The topological polar surface area (TPSA) is 105 Å². The number of hydrogen-bond acceptors (Lipinski definition) is 5. The average molecular weight is 275 g/mol. The number of non-ortho nitro benzene ring substituents is 1. The number of nitro benzene ring substituents is 1. The molecule has 20 heavy (non-hydrogen) atoms. The van der Waals surface area contributed by atoms with Crippen LogP contribution in [-0.2, 0) is 4.79 Å². The lowest BCUT2D eigenvalue weighted by Crippen LogP contribution is -2.40. The lowest BCUT2D eigenvalue weighted by atomic mass is 10.0. The van der Waals surface area contributed by atoms with E-state index in [2.05, 4.69) is 10.3 Å². The van der Waals surface area contributed by atoms with Crippen molar-refractivity contribution < 1.29 is 14.8 Å². The fourth-order valence-corrected chi connectivity index (χ4v) is 1.81. The van der Waals surface area contributed by atoms with E-state index in [1.54, 1.807) is 18.2 Å². The zero-order valence-corrected chi connectivity index (χ0v) is 11.0. The highest BCUT2D eigenvalue weighted by Gasteiger charge is 2.27. The molecular formula is C13H13N3O4. The number of carboxylic acids is 1. The van der Waals surface area contributed by atoms with Crippen molar-refractivity contribution in [3.8, 4) is 0 Å². The molecule has 104 valence electrons. The number of benzene rings is 1. The molecule has 2 rings (SSSR count). The lowest BCUT2D eigenvalue weighted by molar-refractivity contribution is -0.383. The van der Waals surface area contributed by atoms with E-state index in [0.717, 1.165) is 0 Å². The number of rotatable bonds is 4. The third kappa shape index (κ3) is 2.37. The Hall–Kier alpha value is -2.70. The van der Waals surface area contributed by atoms with Crippen molar-refractivity contribution in [2.24, 2.45) is 0 Å². The number of hydrogen-bond donors (Lipinski definition) is 2. The standard InChI is InChI=1S/C13H13N3O4/c1-13(2,12(17)18)15-9-6-7-14-11-8(9)4-3-5-10(11)16(19)20/h3-7H,1-2H3,(H,14,15)(H,17,18). The zero-order chi connectivity index (χ0) is 14.9. The zero-order valence-electron chi connectivity index (χ0n) is 11.0. The van der Waals surface area contributed by atoms with Crippen LogP contribution in [0, 0.1) is 10.1 Å². The van der Waals surface area contributed by atoms with Gasteiger partial charge in [0.05, 0.1) is 4.92 Å². The maximum atomic E-state index is 11.2. The minimum atomic E-state index is -1.20. The quantitative estimate of drug-likeness (QED) is 0.655. The third-order valence-electron chi connectivity index (χ3n) is 2.93. The van der Waals surface area contributed by atoms with E-state index >= 15 is 0 Å². The summed E-state index contributed by atoms with van der Waals surface area (Å²) in [6.07, 6.45) is 1.41. The number of nitrogens with one attached hydrogen (secondary N) is 1. The second kappa shape index (κ2) is 4.76. The fourth-order valence-electron chi connectivity index (χ4n) is 1.81. The molecule has 0 aliphatic rings. The molecule has 0 aliphatic heterocycles. The maximum absolute atomic E-state index is 11.2. The summed E-state index contributed by atoms with van der Waals surface area (Å²) in [5, 5.41) is 23.5. The molecule has 0 unspecified atom stereocenters. The van der Waals surface area contributed by atoms with E-state index in [9.17, 15) is 14.9 Å². The fraction of sp³-hybridized carbons (Fsp3) is 0.231. The minimum Gasteiger partial charge on any atom is -0.480 e. The number of nitro groups is 1. The van der Waals surface area contributed by atoms with Gasteiger partial charge in [-0.1, -0.05) is 12.1 Å². The number of aliphatic carboxylic acids is 1. The molecule has 0 atom stereocenters. The number of carboxylic acid groups (broad SMARTS) is 1. The summed E-state index contributed by atoms with van der Waals surface area (Å²) >= 11 is 0. The highest BCUT2D eigenvalue weighted by atomic mass is 16.6. The first-order valence-electron chi connectivity index (χ1n) is 5.86. The summed E-state index contributed by atoms with van der Waals surface area (Å²) in [5.41, 5.74) is -0.590. The van der Waals surface area contributed by atoms with Crippen molar-refractivity contribution in [2.45, 2.75) is 19.4 Å². The predicted molar refractivity (Wildman–Crippen MR) is 73.7 cm³/mol. The minimum absolute atomic E-state index is 0.112. The van der Waals surface area contributed by atoms with Crippen molar-refractivity contribution in [1.29, 1.82) is 0 Å². The van der Waals surface area contributed by atoms with Gasteiger partial charge in [-0.3, -0.25) is 10.1 Å². The number of pyridine rings is 1. The van der Waals surface area contributed by atoms with Gasteiger partial charge in [-0.05, 0) is 19.9 Å². The van der Waals surface area contributed by atoms with Crippen LogP contribution >= 0.6 is 0 Å². The molecule has 0 radical (unpaired) electrons. The molecule has 1 heterocycles. The van der Waals surface area contributed by atoms with Gasteiger partial charge in [0.15, 0.2) is 0 Å². The molecule has 0 saturated carbocycles. The summed E-state index contributed by atoms with van der Waals surface area (Å²) in [6.45, 7) is 3.03. The molecule has 0 spiro atoms. The first-order valence-corrected chi connectivity index (χ1v) is 5.86. The second-order valence-electron chi connectivity index (χ2n) is 4.84. The van der Waals surface area contributed by atoms with Crippen LogP contribution in [0.1, 0.15) is 13.8 Å². The molecule has 0 aliphatic carbocycles. The SMILES string of the molecule is CC(C)(Nc1ccnc2c([N+](=O)[O-])cccc12)C(=O)O. The van der Waals surface area contributed by atoms with Gasteiger partial charge < -0.3 is 10.4 Å². The lowest BCUT2D eigenvalue weighted by Gasteiger charge is -2.23. The van der Waals surface area contributed by atoms with Crippen molar-refractivity contribution in [3.63, 3.8) is 0 Å². The van der Waals surface area contributed by atoms with Gasteiger partial charge in [-0.25, -0.2) is 9.78 Å². The predicted octanol–water partition coefficient (Wildman–Crippen LogP) is 2.42. The Balaban J connectivity index is 2.59. The molecule has 0 saturated heterocycles. The van der Waals surface area contributed by atoms with Gasteiger partial charge in [0.25, 0.3) is 5.69 Å². The summed E-state index contributed by atoms with van der Waals surface area (Å²) in [4.78, 5) is 25.6. The van der Waals surface area contributed by atoms with Crippen molar-refractivity contribution >= 4 is 28.2 Å². The number of fused-ring (bicyclic) bond motifs is 1. The Morgan fingerprint density at radius 3 is 2.70 bits per heavy atom. The molecule has 7 nitrogen and oxygen atoms in total. The van der Waals surface area contributed by atoms with Crippen LogP contribution in [0.15, 0.2) is 30.5 Å². The molecule has 1 aromatic heterocycles. The Morgan fingerprint density at radius 2 is 2.10 bits per heavy atom. The van der Waals surface area contributed by atoms with Crippen molar-refractivity contribution in [2.75, 3.05) is 5.32 Å². The Bertz CT molecular complexity index is 697. The van der Waals surface area contributed by atoms with Crippen LogP contribution in [0.2, 0.25) is 0 Å². The molecule has 2 N–H and O–H groups in total. The third-order valence-corrected chi connectivity index (χ3v) is 2.93. The van der Waals surface area contributed by atoms with E-state index < -0.39 is 16.4 Å². The number of carbonyl (C=O) groups is 1. The van der Waals surface area contributed by atoms with E-state index in [-0.39, 0.29) is 11.2 Å². The van der Waals surface area contributed by atoms with Crippen LogP contribution in [-0.4, -0.2) is 26.5 Å². The Kier molecular flexibility index (Phi) is 3.27. The van der Waals surface area contributed by atoms with Crippen molar-refractivity contribution in [3.05, 3.63) is 40.6 Å². The van der Waals surface area contributed by atoms with E-state index in [4.69, 9.17) is 5.11 Å². The molecular weight excluding hydrogens is 262 g/mol. The van der Waals surface area contributed by atoms with Gasteiger partial charge >= 0.3 is 5.97 Å². The van der Waals surface area contributed by atoms with Gasteiger partial charge in [-0.15, -0.1) is 0 Å². The van der Waals surface area contributed by atoms with Crippen LogP contribution in [0.5, 0.6) is 0 Å². The van der Waals surface area contributed by atoms with Gasteiger partial charge in [0.2, 0.25) is 0 Å². The van der Waals surface area contributed by atoms with Crippen LogP contribution in [0.3, 0.4) is 0 Å². The molecule has 7 heteroatoms. The molecule has 0 amide bonds. The highest BCUT2D eigenvalue weighted by Crippen LogP contribution is 2.30. The summed E-state index contributed by atoms with van der Waals surface area (Å²) in [7, 11) is 0. The normalized spacial score (nSPS) is 11.3. The average Bonchev–Trinajstić information content (AvgIpc) is 2.37. The Labute approximate surface area is 114 Å². The van der Waals surface area contributed by atoms with Crippen molar-refractivity contribution in [1.82, 2.24) is 4.98 Å². The van der Waals surface area contributed by atoms with Crippen LogP contribution in [0.25, 0.3) is 10.9 Å². The highest BCUT2D eigenvalue weighted by molar-refractivity contribution is 5.97. The monoisotopic (exact) mass is 275 g/mol. The first-order chi connectivity index (χ1) is 9.33. The maximum Gasteiger partial charge on any atom is 0.328 e. The van der Waals surface area contributed by atoms with E-state index in [1.807, 2.05) is 0 Å². The summed E-state index contributed by atoms with van der Waals surface area (Å²) in [6, 6.07) is 6.16. The number of para-hydroxylation sites is 1. The van der Waals surface area contributed by atoms with Gasteiger partial charge in [0.1, 0.15) is 11.1 Å². The number of nitrogens with zero attached hydrogens (tertiary/aromatic N) is 2. The first kappa shape index (κ1) is 13.7.